The lowest BCUT2D eigenvalue weighted by molar-refractivity contribution is 0.268. The maximum atomic E-state index is 13.3. The predicted octanol–water partition coefficient (Wildman–Crippen LogP) is 4.46. The van der Waals surface area contributed by atoms with E-state index in [0.717, 1.165) is 43.0 Å². The number of hydrogen-bond donors (Lipinski definition) is 1. The zero-order valence-electron chi connectivity index (χ0n) is 20.9. The molecule has 1 atom stereocenters. The number of anilines is 2. The fraction of sp³-hybridized carbons (Fsp3) is 0.444. The molecule has 2 aliphatic carbocycles. The predicted molar refractivity (Wildman–Crippen MR) is 139 cm³/mol. The van der Waals surface area contributed by atoms with Gasteiger partial charge in [-0.3, -0.25) is 9.48 Å². The van der Waals surface area contributed by atoms with Crippen LogP contribution >= 0.6 is 0 Å². The molecule has 0 aliphatic heterocycles. The average Bonchev–Trinajstić information content (AvgIpc) is 3.50. The molecular formula is C27H33N7O. The van der Waals surface area contributed by atoms with Gasteiger partial charge in [-0.1, -0.05) is 6.07 Å². The van der Waals surface area contributed by atoms with E-state index >= 15 is 0 Å². The molecule has 0 spiro atoms. The molecule has 35 heavy (non-hydrogen) atoms. The van der Waals surface area contributed by atoms with E-state index in [4.69, 9.17) is 10.1 Å². The first-order valence-electron chi connectivity index (χ1n) is 12.6. The Morgan fingerprint density at radius 3 is 2.63 bits per heavy atom. The third-order valence-corrected chi connectivity index (χ3v) is 7.36. The Labute approximate surface area is 205 Å². The second-order valence-electron chi connectivity index (χ2n) is 10.5. The molecule has 3 aromatic heterocycles. The van der Waals surface area contributed by atoms with E-state index in [0.29, 0.717) is 23.1 Å². The Hall–Kier alpha value is -3.39. The van der Waals surface area contributed by atoms with E-state index in [1.807, 2.05) is 47.6 Å². The number of rotatable bonds is 6. The number of likely N-dealkylation sites (N-methyl/N-ethyl adjacent to an activating group) is 1. The fourth-order valence-corrected chi connectivity index (χ4v) is 5.23. The minimum atomic E-state index is -0.0424. The molecule has 8 heteroatoms. The van der Waals surface area contributed by atoms with Crippen molar-refractivity contribution < 1.29 is 0 Å². The van der Waals surface area contributed by atoms with Crippen LogP contribution in [0.25, 0.3) is 16.9 Å². The number of aromatic nitrogens is 5. The largest absolute Gasteiger partial charge is 0.340 e. The SMILES string of the molecule is CC(C)n1c(=O)c2ccc(Nc3ccc4c(c3)CCC(N(C)C)C4)nc2n1-c1ccn(C2CC2)n1. The van der Waals surface area contributed by atoms with E-state index in [2.05, 4.69) is 42.5 Å². The summed E-state index contributed by atoms with van der Waals surface area (Å²) >= 11 is 0. The Bertz CT molecular complexity index is 1450. The van der Waals surface area contributed by atoms with Crippen LogP contribution in [0.2, 0.25) is 0 Å². The van der Waals surface area contributed by atoms with Crippen LogP contribution in [-0.4, -0.2) is 49.2 Å². The van der Waals surface area contributed by atoms with Crippen LogP contribution in [0.15, 0.2) is 47.4 Å². The van der Waals surface area contributed by atoms with Crippen LogP contribution in [0, 0.1) is 0 Å². The van der Waals surface area contributed by atoms with E-state index in [1.54, 1.807) is 4.68 Å². The second-order valence-corrected chi connectivity index (χ2v) is 10.5. The van der Waals surface area contributed by atoms with Crippen molar-refractivity contribution in [1.29, 1.82) is 0 Å². The van der Waals surface area contributed by atoms with Gasteiger partial charge in [0, 0.05) is 30.0 Å². The minimum Gasteiger partial charge on any atom is -0.340 e. The van der Waals surface area contributed by atoms with E-state index in [1.165, 1.54) is 17.5 Å². The second kappa shape index (κ2) is 8.37. The molecule has 1 aromatic carbocycles. The van der Waals surface area contributed by atoms with Gasteiger partial charge in [0.1, 0.15) is 5.82 Å². The topological polar surface area (TPSA) is 72.9 Å². The molecule has 3 heterocycles. The highest BCUT2D eigenvalue weighted by Crippen LogP contribution is 2.34. The number of aryl methyl sites for hydroxylation is 1. The van der Waals surface area contributed by atoms with Gasteiger partial charge < -0.3 is 10.2 Å². The zero-order chi connectivity index (χ0) is 24.3. The van der Waals surface area contributed by atoms with Crippen LogP contribution in [0.5, 0.6) is 0 Å². The van der Waals surface area contributed by atoms with Crippen LogP contribution in [-0.2, 0) is 12.8 Å². The lowest BCUT2D eigenvalue weighted by Crippen LogP contribution is -2.33. The first-order valence-corrected chi connectivity index (χ1v) is 12.6. The summed E-state index contributed by atoms with van der Waals surface area (Å²) < 4.78 is 5.63. The van der Waals surface area contributed by atoms with Crippen molar-refractivity contribution in [2.45, 2.75) is 64.1 Å². The van der Waals surface area contributed by atoms with Crippen molar-refractivity contribution in [2.24, 2.45) is 0 Å². The van der Waals surface area contributed by atoms with Crippen molar-refractivity contribution in [3.8, 4) is 5.82 Å². The molecule has 1 unspecified atom stereocenters. The third-order valence-electron chi connectivity index (χ3n) is 7.36. The molecule has 6 rings (SSSR count). The molecule has 4 aromatic rings. The van der Waals surface area contributed by atoms with Crippen molar-refractivity contribution in [2.75, 3.05) is 19.4 Å². The molecule has 0 saturated heterocycles. The Kier molecular flexibility index (Phi) is 5.29. The molecule has 0 bridgehead atoms. The van der Waals surface area contributed by atoms with Gasteiger partial charge in [0.05, 0.1) is 11.4 Å². The van der Waals surface area contributed by atoms with Crippen LogP contribution in [0.3, 0.4) is 0 Å². The van der Waals surface area contributed by atoms with Gasteiger partial charge in [-0.15, -0.1) is 0 Å². The molecule has 0 amide bonds. The minimum absolute atomic E-state index is 0.0224. The van der Waals surface area contributed by atoms with Gasteiger partial charge in [0.25, 0.3) is 5.56 Å². The van der Waals surface area contributed by atoms with Crippen molar-refractivity contribution in [3.05, 3.63) is 64.1 Å². The Balaban J connectivity index is 1.36. The summed E-state index contributed by atoms with van der Waals surface area (Å²) in [5.74, 6) is 1.45. The average molecular weight is 472 g/mol. The fourth-order valence-electron chi connectivity index (χ4n) is 5.23. The quantitative estimate of drug-likeness (QED) is 0.449. The first kappa shape index (κ1) is 22.1. The molecule has 1 fully saturated rings. The maximum Gasteiger partial charge on any atom is 0.276 e. The van der Waals surface area contributed by atoms with E-state index in [9.17, 15) is 4.79 Å². The normalized spacial score (nSPS) is 17.9. The summed E-state index contributed by atoms with van der Waals surface area (Å²) in [4.78, 5) is 20.5. The van der Waals surface area contributed by atoms with Crippen LogP contribution in [0.1, 0.15) is 56.3 Å². The number of pyridine rings is 1. The van der Waals surface area contributed by atoms with Gasteiger partial charge in [0.2, 0.25) is 0 Å². The Morgan fingerprint density at radius 1 is 1.06 bits per heavy atom. The maximum absolute atomic E-state index is 13.3. The van der Waals surface area contributed by atoms with Crippen molar-refractivity contribution in [3.63, 3.8) is 0 Å². The van der Waals surface area contributed by atoms with Gasteiger partial charge in [-0.05, 0) is 95.4 Å². The van der Waals surface area contributed by atoms with E-state index < -0.39 is 0 Å². The molecule has 182 valence electrons. The summed E-state index contributed by atoms with van der Waals surface area (Å²) in [5.41, 5.74) is 4.44. The number of benzene rings is 1. The molecule has 2 aliphatic rings. The highest BCUT2D eigenvalue weighted by molar-refractivity contribution is 5.79. The summed E-state index contributed by atoms with van der Waals surface area (Å²) in [5, 5.41) is 8.87. The third kappa shape index (κ3) is 3.95. The first-order chi connectivity index (χ1) is 16.9. The summed E-state index contributed by atoms with van der Waals surface area (Å²) in [6, 6.07) is 13.4. The molecule has 0 radical (unpaired) electrons. The van der Waals surface area contributed by atoms with Gasteiger partial charge in [-0.25, -0.2) is 14.3 Å². The Morgan fingerprint density at radius 2 is 1.89 bits per heavy atom. The van der Waals surface area contributed by atoms with Gasteiger partial charge in [0.15, 0.2) is 11.5 Å². The molecular weight excluding hydrogens is 438 g/mol. The van der Waals surface area contributed by atoms with E-state index in [-0.39, 0.29) is 11.6 Å². The number of nitrogens with one attached hydrogen (secondary N) is 1. The number of hydrogen-bond acceptors (Lipinski definition) is 5. The van der Waals surface area contributed by atoms with Crippen molar-refractivity contribution >= 4 is 22.5 Å². The van der Waals surface area contributed by atoms with Gasteiger partial charge in [-0.2, -0.15) is 5.10 Å². The lowest BCUT2D eigenvalue weighted by atomic mass is 9.87. The van der Waals surface area contributed by atoms with Gasteiger partial charge >= 0.3 is 0 Å². The lowest BCUT2D eigenvalue weighted by Gasteiger charge is -2.30. The summed E-state index contributed by atoms with van der Waals surface area (Å²) in [6.07, 6.45) is 7.68. The van der Waals surface area contributed by atoms with Crippen LogP contribution < -0.4 is 10.9 Å². The highest BCUT2D eigenvalue weighted by Gasteiger charge is 2.26. The molecule has 1 N–H and O–H groups in total. The summed E-state index contributed by atoms with van der Waals surface area (Å²) in [6.45, 7) is 4.03. The number of nitrogens with zero attached hydrogens (tertiary/aromatic N) is 6. The smallest absolute Gasteiger partial charge is 0.276 e. The molecule has 8 nitrogen and oxygen atoms in total. The standard InChI is InChI=1S/C27H33N7O/c1-17(2)33-27(35)23-11-12-24(29-26(23)34(33)25-13-14-32(30-25)21-9-10-21)28-20-7-5-19-16-22(31(3)4)8-6-18(19)15-20/h5,7,11-15,17,21-22H,6,8-10,16H2,1-4H3,(H,28,29). The van der Waals surface area contributed by atoms with Crippen molar-refractivity contribution in [1.82, 2.24) is 29.0 Å². The zero-order valence-corrected chi connectivity index (χ0v) is 20.9. The monoisotopic (exact) mass is 471 g/mol. The molecule has 1 saturated carbocycles. The van der Waals surface area contributed by atoms with Crippen LogP contribution in [0.4, 0.5) is 11.5 Å². The highest BCUT2D eigenvalue weighted by atomic mass is 16.1. The number of fused-ring (bicyclic) bond motifs is 2. The summed E-state index contributed by atoms with van der Waals surface area (Å²) in [7, 11) is 4.33.